The third-order valence-corrected chi connectivity index (χ3v) is 4.17. The molecule has 1 aliphatic carbocycles. The monoisotopic (exact) mass is 257 g/mol. The molecule has 1 saturated carbocycles. The SMILES string of the molecule is CCCN(C(C)C)C1CC2(CCC1O)OCCO2. The van der Waals surface area contributed by atoms with Crippen molar-refractivity contribution >= 4 is 0 Å². The van der Waals surface area contributed by atoms with Gasteiger partial charge in [0.05, 0.1) is 19.3 Å². The van der Waals surface area contributed by atoms with E-state index in [4.69, 9.17) is 9.47 Å². The Balaban J connectivity index is 2.08. The Hall–Kier alpha value is -0.160. The molecular formula is C14H27NO3. The highest BCUT2D eigenvalue weighted by molar-refractivity contribution is 4.93. The highest BCUT2D eigenvalue weighted by Crippen LogP contribution is 2.38. The summed E-state index contributed by atoms with van der Waals surface area (Å²) in [5, 5.41) is 10.3. The molecule has 2 fully saturated rings. The average Bonchev–Trinajstić information content (AvgIpc) is 2.78. The fourth-order valence-electron chi connectivity index (χ4n) is 3.28. The molecule has 1 spiro atoms. The normalized spacial score (nSPS) is 31.7. The van der Waals surface area contributed by atoms with Gasteiger partial charge in [0.25, 0.3) is 0 Å². The van der Waals surface area contributed by atoms with Gasteiger partial charge in [0.15, 0.2) is 5.79 Å². The molecule has 18 heavy (non-hydrogen) atoms. The predicted molar refractivity (Wildman–Crippen MR) is 70.4 cm³/mol. The Morgan fingerprint density at radius 3 is 2.56 bits per heavy atom. The molecule has 0 aromatic rings. The van der Waals surface area contributed by atoms with Crippen molar-refractivity contribution in [3.05, 3.63) is 0 Å². The highest BCUT2D eigenvalue weighted by Gasteiger charge is 2.46. The van der Waals surface area contributed by atoms with Crippen molar-refractivity contribution < 1.29 is 14.6 Å². The maximum atomic E-state index is 10.3. The molecule has 2 atom stereocenters. The van der Waals surface area contributed by atoms with E-state index < -0.39 is 5.79 Å². The van der Waals surface area contributed by atoms with E-state index in [1.807, 2.05) is 0 Å². The molecule has 1 heterocycles. The van der Waals surface area contributed by atoms with Crippen molar-refractivity contribution in [1.29, 1.82) is 0 Å². The molecular weight excluding hydrogens is 230 g/mol. The standard InChI is InChI=1S/C14H27NO3/c1-4-7-15(11(2)3)12-10-14(6-5-13(12)16)17-8-9-18-14/h11-13,16H,4-10H2,1-3H3. The summed E-state index contributed by atoms with van der Waals surface area (Å²) in [6.07, 6.45) is 3.25. The maximum Gasteiger partial charge on any atom is 0.170 e. The molecule has 0 aromatic heterocycles. The van der Waals surface area contributed by atoms with Gasteiger partial charge in [-0.25, -0.2) is 0 Å². The molecule has 0 amide bonds. The van der Waals surface area contributed by atoms with E-state index in [0.717, 1.165) is 32.2 Å². The summed E-state index contributed by atoms with van der Waals surface area (Å²) in [5.41, 5.74) is 0. The molecule has 0 aromatic carbocycles. The zero-order chi connectivity index (χ0) is 13.2. The molecule has 0 bridgehead atoms. The number of hydrogen-bond acceptors (Lipinski definition) is 4. The van der Waals surface area contributed by atoms with Crippen molar-refractivity contribution in [2.45, 2.75) is 70.4 Å². The van der Waals surface area contributed by atoms with Gasteiger partial charge in [-0.05, 0) is 33.2 Å². The number of ether oxygens (including phenoxy) is 2. The van der Waals surface area contributed by atoms with E-state index in [9.17, 15) is 5.11 Å². The van der Waals surface area contributed by atoms with Gasteiger partial charge in [-0.15, -0.1) is 0 Å². The van der Waals surface area contributed by atoms with Crippen LogP contribution in [-0.2, 0) is 9.47 Å². The minimum absolute atomic E-state index is 0.164. The van der Waals surface area contributed by atoms with Gasteiger partial charge in [0.1, 0.15) is 0 Å². The molecule has 4 heteroatoms. The molecule has 2 rings (SSSR count). The average molecular weight is 257 g/mol. The van der Waals surface area contributed by atoms with Crippen LogP contribution in [0, 0.1) is 0 Å². The third kappa shape index (κ3) is 2.87. The lowest BCUT2D eigenvalue weighted by Crippen LogP contribution is -2.55. The topological polar surface area (TPSA) is 41.9 Å². The summed E-state index contributed by atoms with van der Waals surface area (Å²) in [6, 6.07) is 0.609. The summed E-state index contributed by atoms with van der Waals surface area (Å²) < 4.78 is 11.6. The van der Waals surface area contributed by atoms with Crippen LogP contribution in [0.3, 0.4) is 0 Å². The van der Waals surface area contributed by atoms with E-state index in [1.54, 1.807) is 0 Å². The summed E-state index contributed by atoms with van der Waals surface area (Å²) >= 11 is 0. The lowest BCUT2D eigenvalue weighted by atomic mass is 9.85. The summed E-state index contributed by atoms with van der Waals surface area (Å²) in [5.74, 6) is -0.412. The second kappa shape index (κ2) is 5.87. The summed E-state index contributed by atoms with van der Waals surface area (Å²) in [7, 11) is 0. The molecule has 1 aliphatic heterocycles. The van der Waals surface area contributed by atoms with Crippen molar-refractivity contribution in [2.24, 2.45) is 0 Å². The van der Waals surface area contributed by atoms with Crippen LogP contribution in [0.25, 0.3) is 0 Å². The molecule has 2 unspecified atom stereocenters. The Labute approximate surface area is 110 Å². The Kier molecular flexibility index (Phi) is 4.64. The van der Waals surface area contributed by atoms with Gasteiger partial charge in [-0.1, -0.05) is 6.92 Å². The number of aliphatic hydroxyl groups excluding tert-OH is 1. The molecule has 106 valence electrons. The van der Waals surface area contributed by atoms with Gasteiger partial charge in [-0.2, -0.15) is 0 Å². The van der Waals surface area contributed by atoms with E-state index >= 15 is 0 Å². The zero-order valence-corrected chi connectivity index (χ0v) is 11.9. The molecule has 1 N–H and O–H groups in total. The molecule has 4 nitrogen and oxygen atoms in total. The van der Waals surface area contributed by atoms with Crippen LogP contribution in [0.15, 0.2) is 0 Å². The lowest BCUT2D eigenvalue weighted by Gasteiger charge is -2.45. The largest absolute Gasteiger partial charge is 0.391 e. The molecule has 1 saturated heterocycles. The predicted octanol–water partition coefficient (Wildman–Crippen LogP) is 1.76. The third-order valence-electron chi connectivity index (χ3n) is 4.17. The second-order valence-electron chi connectivity index (χ2n) is 5.82. The molecule has 0 radical (unpaired) electrons. The Morgan fingerprint density at radius 1 is 1.33 bits per heavy atom. The van der Waals surface area contributed by atoms with E-state index in [2.05, 4.69) is 25.7 Å². The zero-order valence-electron chi connectivity index (χ0n) is 11.9. The van der Waals surface area contributed by atoms with Gasteiger partial charge >= 0.3 is 0 Å². The second-order valence-corrected chi connectivity index (χ2v) is 5.82. The summed E-state index contributed by atoms with van der Waals surface area (Å²) in [6.45, 7) is 8.98. The summed E-state index contributed by atoms with van der Waals surface area (Å²) in [4.78, 5) is 2.40. The van der Waals surface area contributed by atoms with Crippen molar-refractivity contribution in [1.82, 2.24) is 4.90 Å². The van der Waals surface area contributed by atoms with Crippen LogP contribution in [0.1, 0.15) is 46.5 Å². The quantitative estimate of drug-likeness (QED) is 0.833. The first-order valence-corrected chi connectivity index (χ1v) is 7.30. The van der Waals surface area contributed by atoms with E-state index in [-0.39, 0.29) is 12.1 Å². The number of rotatable bonds is 4. The van der Waals surface area contributed by atoms with Crippen LogP contribution in [0.4, 0.5) is 0 Å². The van der Waals surface area contributed by atoms with Crippen molar-refractivity contribution in [2.75, 3.05) is 19.8 Å². The smallest absolute Gasteiger partial charge is 0.170 e. The van der Waals surface area contributed by atoms with Gasteiger partial charge < -0.3 is 14.6 Å². The van der Waals surface area contributed by atoms with Crippen molar-refractivity contribution in [3.8, 4) is 0 Å². The van der Waals surface area contributed by atoms with Crippen LogP contribution in [-0.4, -0.2) is 53.7 Å². The minimum Gasteiger partial charge on any atom is -0.391 e. The van der Waals surface area contributed by atoms with Gasteiger partial charge in [0.2, 0.25) is 0 Å². The van der Waals surface area contributed by atoms with E-state index in [0.29, 0.717) is 19.3 Å². The Morgan fingerprint density at radius 2 is 2.00 bits per heavy atom. The number of hydrogen-bond donors (Lipinski definition) is 1. The number of aliphatic hydroxyl groups is 1. The minimum atomic E-state index is -0.412. The van der Waals surface area contributed by atoms with Gasteiger partial charge in [0, 0.05) is 24.9 Å². The first-order chi connectivity index (χ1) is 8.58. The fourth-order valence-corrected chi connectivity index (χ4v) is 3.28. The van der Waals surface area contributed by atoms with Crippen LogP contribution in [0.2, 0.25) is 0 Å². The maximum absolute atomic E-state index is 10.3. The van der Waals surface area contributed by atoms with Crippen LogP contribution in [0.5, 0.6) is 0 Å². The van der Waals surface area contributed by atoms with Gasteiger partial charge in [-0.3, -0.25) is 4.90 Å². The highest BCUT2D eigenvalue weighted by atomic mass is 16.7. The first-order valence-electron chi connectivity index (χ1n) is 7.30. The fraction of sp³-hybridized carbons (Fsp3) is 1.00. The first kappa shape index (κ1) is 14.3. The molecule has 2 aliphatic rings. The van der Waals surface area contributed by atoms with Crippen LogP contribution >= 0.6 is 0 Å². The lowest BCUT2D eigenvalue weighted by molar-refractivity contribution is -0.206. The van der Waals surface area contributed by atoms with E-state index in [1.165, 1.54) is 0 Å². The van der Waals surface area contributed by atoms with Crippen molar-refractivity contribution in [3.63, 3.8) is 0 Å². The van der Waals surface area contributed by atoms with Crippen LogP contribution < -0.4 is 0 Å². The Bertz CT molecular complexity index is 264. The number of nitrogens with zero attached hydrogens (tertiary/aromatic N) is 1.